The summed E-state index contributed by atoms with van der Waals surface area (Å²) >= 11 is 0. The number of carbonyl (C=O) groups excluding carboxylic acids is 2. The summed E-state index contributed by atoms with van der Waals surface area (Å²) in [5, 5.41) is 4.13. The third-order valence-corrected chi connectivity index (χ3v) is 4.84. The Kier molecular flexibility index (Phi) is 4.21. The Bertz CT molecular complexity index is 962. The number of hydrogen-bond donors (Lipinski definition) is 2. The Morgan fingerprint density at radius 1 is 1.19 bits per heavy atom. The highest BCUT2D eigenvalue weighted by Crippen LogP contribution is 2.26. The number of aromatic amines is 1. The Labute approximate surface area is 152 Å². The van der Waals surface area contributed by atoms with Gasteiger partial charge in [-0.3, -0.25) is 14.5 Å². The number of H-pyrrole nitrogens is 1. The van der Waals surface area contributed by atoms with Crippen molar-refractivity contribution in [2.24, 2.45) is 0 Å². The van der Waals surface area contributed by atoms with E-state index in [0.717, 1.165) is 27.8 Å². The number of anilines is 1. The average Bonchev–Trinajstić information content (AvgIpc) is 3.21. The van der Waals surface area contributed by atoms with Crippen molar-refractivity contribution < 1.29 is 9.59 Å². The number of aryl methyl sites for hydroxylation is 1. The molecule has 132 valence electrons. The predicted molar refractivity (Wildman–Crippen MR) is 102 cm³/mol. The van der Waals surface area contributed by atoms with Crippen LogP contribution in [0.15, 0.2) is 54.6 Å². The van der Waals surface area contributed by atoms with Crippen molar-refractivity contribution in [3.63, 3.8) is 0 Å². The van der Waals surface area contributed by atoms with E-state index in [4.69, 9.17) is 0 Å². The van der Waals surface area contributed by atoms with E-state index < -0.39 is 6.04 Å². The van der Waals surface area contributed by atoms with Crippen molar-refractivity contribution in [2.75, 3.05) is 4.90 Å². The van der Waals surface area contributed by atoms with Crippen LogP contribution in [0.2, 0.25) is 0 Å². The van der Waals surface area contributed by atoms with Gasteiger partial charge in [0, 0.05) is 29.9 Å². The maximum atomic E-state index is 12.7. The molecule has 1 fully saturated rings. The smallest absolute Gasteiger partial charge is 0.243 e. The largest absolute Gasteiger partial charge is 0.359 e. The summed E-state index contributed by atoms with van der Waals surface area (Å²) in [6, 6.07) is 17.2. The fourth-order valence-electron chi connectivity index (χ4n) is 3.59. The normalized spacial score (nSPS) is 17.0. The van der Waals surface area contributed by atoms with Gasteiger partial charge in [-0.2, -0.15) is 0 Å². The molecular weight excluding hydrogens is 326 g/mol. The van der Waals surface area contributed by atoms with Gasteiger partial charge in [0.25, 0.3) is 0 Å². The first-order valence-corrected chi connectivity index (χ1v) is 8.85. The third kappa shape index (κ3) is 3.08. The molecule has 2 heterocycles. The lowest BCUT2D eigenvalue weighted by molar-refractivity contribution is -0.124. The highest BCUT2D eigenvalue weighted by atomic mass is 16.2. The number of benzene rings is 2. The number of aromatic nitrogens is 1. The predicted octanol–water partition coefficient (Wildman–Crippen LogP) is 3.29. The van der Waals surface area contributed by atoms with Crippen LogP contribution in [0.4, 0.5) is 5.69 Å². The second-order valence-electron chi connectivity index (χ2n) is 6.75. The van der Waals surface area contributed by atoms with Crippen LogP contribution < -0.4 is 10.2 Å². The van der Waals surface area contributed by atoms with Crippen molar-refractivity contribution in [3.8, 4) is 0 Å². The van der Waals surface area contributed by atoms with Gasteiger partial charge < -0.3 is 10.3 Å². The van der Waals surface area contributed by atoms with Crippen molar-refractivity contribution in [1.29, 1.82) is 0 Å². The SMILES string of the molecule is Cc1cc2cc(CNC(=O)C3CCC(=O)N3c3ccccc3)ccc2[nH]1. The molecular formula is C21H21N3O2. The zero-order chi connectivity index (χ0) is 18.1. The fourth-order valence-corrected chi connectivity index (χ4v) is 3.59. The Morgan fingerprint density at radius 2 is 2.00 bits per heavy atom. The molecule has 0 bridgehead atoms. The lowest BCUT2D eigenvalue weighted by atomic mass is 10.1. The second-order valence-corrected chi connectivity index (χ2v) is 6.75. The van der Waals surface area contributed by atoms with E-state index in [-0.39, 0.29) is 11.8 Å². The van der Waals surface area contributed by atoms with E-state index in [0.29, 0.717) is 19.4 Å². The highest BCUT2D eigenvalue weighted by molar-refractivity contribution is 6.03. The van der Waals surface area contributed by atoms with Crippen LogP contribution in [-0.2, 0) is 16.1 Å². The van der Waals surface area contributed by atoms with E-state index in [1.807, 2.05) is 49.4 Å². The highest BCUT2D eigenvalue weighted by Gasteiger charge is 2.36. The van der Waals surface area contributed by atoms with Crippen molar-refractivity contribution >= 4 is 28.4 Å². The van der Waals surface area contributed by atoms with Crippen molar-refractivity contribution in [1.82, 2.24) is 10.3 Å². The van der Waals surface area contributed by atoms with Gasteiger partial charge in [0.05, 0.1) is 0 Å². The molecule has 0 saturated carbocycles. The summed E-state index contributed by atoms with van der Waals surface area (Å²) in [6.07, 6.45) is 0.956. The minimum Gasteiger partial charge on any atom is -0.359 e. The van der Waals surface area contributed by atoms with Crippen LogP contribution in [0, 0.1) is 6.92 Å². The van der Waals surface area contributed by atoms with Crippen molar-refractivity contribution in [2.45, 2.75) is 32.4 Å². The molecule has 1 aliphatic heterocycles. The molecule has 0 aliphatic carbocycles. The van der Waals surface area contributed by atoms with Crippen LogP contribution >= 0.6 is 0 Å². The fraction of sp³-hybridized carbons (Fsp3) is 0.238. The number of rotatable bonds is 4. The summed E-state index contributed by atoms with van der Waals surface area (Å²) in [5.41, 5.74) is 4.03. The van der Waals surface area contributed by atoms with Gasteiger partial charge in [-0.25, -0.2) is 0 Å². The number of hydrogen-bond acceptors (Lipinski definition) is 2. The minimum absolute atomic E-state index is 0.000525. The maximum absolute atomic E-state index is 12.7. The monoisotopic (exact) mass is 347 g/mol. The standard InChI is InChI=1S/C21H21N3O2/c1-14-11-16-12-15(7-8-18(16)23-14)13-22-21(26)19-9-10-20(25)24(19)17-5-3-2-4-6-17/h2-8,11-12,19,23H,9-10,13H2,1H3,(H,22,26). The molecule has 1 unspecified atom stereocenters. The lowest BCUT2D eigenvalue weighted by Crippen LogP contribution is -2.44. The molecule has 1 aliphatic rings. The quantitative estimate of drug-likeness (QED) is 0.761. The zero-order valence-corrected chi connectivity index (χ0v) is 14.7. The summed E-state index contributed by atoms with van der Waals surface area (Å²) in [7, 11) is 0. The van der Waals surface area contributed by atoms with Gasteiger partial charge in [-0.1, -0.05) is 24.3 Å². The first-order chi connectivity index (χ1) is 12.6. The molecule has 4 rings (SSSR count). The van der Waals surface area contributed by atoms with Crippen LogP contribution in [0.25, 0.3) is 10.9 Å². The third-order valence-electron chi connectivity index (χ3n) is 4.84. The van der Waals surface area contributed by atoms with Gasteiger partial charge in [-0.15, -0.1) is 0 Å². The van der Waals surface area contributed by atoms with Gasteiger partial charge in [0.15, 0.2) is 0 Å². The number of amides is 2. The first-order valence-electron chi connectivity index (χ1n) is 8.85. The molecule has 2 N–H and O–H groups in total. The molecule has 26 heavy (non-hydrogen) atoms. The molecule has 3 aromatic rings. The van der Waals surface area contributed by atoms with E-state index in [2.05, 4.69) is 22.4 Å². The van der Waals surface area contributed by atoms with Crippen molar-refractivity contribution in [3.05, 3.63) is 65.9 Å². The first kappa shape index (κ1) is 16.4. The number of fused-ring (bicyclic) bond motifs is 1. The molecule has 0 radical (unpaired) electrons. The molecule has 2 amide bonds. The van der Waals surface area contributed by atoms with Gasteiger partial charge in [0.2, 0.25) is 11.8 Å². The Hall–Kier alpha value is -3.08. The summed E-state index contributed by atoms with van der Waals surface area (Å²) in [6.45, 7) is 2.48. The maximum Gasteiger partial charge on any atom is 0.243 e. The molecule has 2 aromatic carbocycles. The summed E-state index contributed by atoms with van der Waals surface area (Å²) in [4.78, 5) is 29.9. The molecule has 0 spiro atoms. The van der Waals surface area contributed by atoms with E-state index >= 15 is 0 Å². The minimum atomic E-state index is -0.442. The number of nitrogens with zero attached hydrogens (tertiary/aromatic N) is 1. The molecule has 5 heteroatoms. The summed E-state index contributed by atoms with van der Waals surface area (Å²) < 4.78 is 0. The number of para-hydroxylation sites is 1. The van der Waals surface area contributed by atoms with Gasteiger partial charge in [0.1, 0.15) is 6.04 Å². The van der Waals surface area contributed by atoms with Gasteiger partial charge in [-0.05, 0) is 54.6 Å². The lowest BCUT2D eigenvalue weighted by Gasteiger charge is -2.24. The molecule has 1 aromatic heterocycles. The second kappa shape index (κ2) is 6.67. The zero-order valence-electron chi connectivity index (χ0n) is 14.7. The molecule has 5 nitrogen and oxygen atoms in total. The number of nitrogens with one attached hydrogen (secondary N) is 2. The molecule has 1 atom stereocenters. The van der Waals surface area contributed by atoms with Crippen LogP contribution in [0.3, 0.4) is 0 Å². The molecule has 1 saturated heterocycles. The van der Waals surface area contributed by atoms with Crippen LogP contribution in [0.1, 0.15) is 24.1 Å². The van der Waals surface area contributed by atoms with E-state index in [1.165, 1.54) is 0 Å². The number of carbonyl (C=O) groups is 2. The topological polar surface area (TPSA) is 65.2 Å². The van der Waals surface area contributed by atoms with Crippen LogP contribution in [0.5, 0.6) is 0 Å². The summed E-state index contributed by atoms with van der Waals surface area (Å²) in [5.74, 6) is -0.106. The van der Waals surface area contributed by atoms with Crippen LogP contribution in [-0.4, -0.2) is 22.8 Å². The average molecular weight is 347 g/mol. The Balaban J connectivity index is 1.47. The Morgan fingerprint density at radius 3 is 2.81 bits per heavy atom. The van der Waals surface area contributed by atoms with E-state index in [9.17, 15) is 9.59 Å². The van der Waals surface area contributed by atoms with Gasteiger partial charge >= 0.3 is 0 Å². The van der Waals surface area contributed by atoms with E-state index in [1.54, 1.807) is 4.90 Å².